The van der Waals surface area contributed by atoms with E-state index in [9.17, 15) is 0 Å². The SMILES string of the molecule is CN=C(NCC1(C)COC1)NC1CCN(c2ccc(C)cn2)CC1.I. The summed E-state index contributed by atoms with van der Waals surface area (Å²) in [5.74, 6) is 1.98. The summed E-state index contributed by atoms with van der Waals surface area (Å²) < 4.78 is 5.30. The first kappa shape index (κ1) is 20.2. The summed E-state index contributed by atoms with van der Waals surface area (Å²) in [6.07, 6.45) is 4.13. The molecule has 25 heavy (non-hydrogen) atoms. The fourth-order valence-electron chi connectivity index (χ4n) is 3.14. The number of halogens is 1. The summed E-state index contributed by atoms with van der Waals surface area (Å²) in [4.78, 5) is 11.3. The van der Waals surface area contributed by atoms with Crippen LogP contribution < -0.4 is 15.5 Å². The second-order valence-electron chi connectivity index (χ2n) is 7.33. The number of aromatic nitrogens is 1. The zero-order valence-electron chi connectivity index (χ0n) is 15.4. The predicted octanol–water partition coefficient (Wildman–Crippen LogP) is 2.18. The van der Waals surface area contributed by atoms with Gasteiger partial charge in [0.25, 0.3) is 0 Å². The smallest absolute Gasteiger partial charge is 0.191 e. The number of nitrogens with one attached hydrogen (secondary N) is 2. The van der Waals surface area contributed by atoms with Crippen LogP contribution in [0.4, 0.5) is 5.82 Å². The molecule has 2 fully saturated rings. The summed E-state index contributed by atoms with van der Waals surface area (Å²) in [6, 6.07) is 4.71. The molecule has 1 aromatic rings. The fourth-order valence-corrected chi connectivity index (χ4v) is 3.14. The van der Waals surface area contributed by atoms with E-state index >= 15 is 0 Å². The molecule has 2 aliphatic heterocycles. The minimum atomic E-state index is 0. The van der Waals surface area contributed by atoms with Crippen molar-refractivity contribution in [3.05, 3.63) is 23.9 Å². The monoisotopic (exact) mass is 459 g/mol. The van der Waals surface area contributed by atoms with E-state index in [1.54, 1.807) is 0 Å². The number of rotatable bonds is 4. The van der Waals surface area contributed by atoms with Gasteiger partial charge in [0, 0.05) is 44.3 Å². The lowest BCUT2D eigenvalue weighted by Crippen LogP contribution is -2.53. The van der Waals surface area contributed by atoms with Crippen molar-refractivity contribution in [2.45, 2.75) is 32.7 Å². The zero-order chi connectivity index (χ0) is 17.0. The van der Waals surface area contributed by atoms with Crippen molar-refractivity contribution in [2.75, 3.05) is 44.8 Å². The van der Waals surface area contributed by atoms with Crippen molar-refractivity contribution in [2.24, 2.45) is 10.4 Å². The van der Waals surface area contributed by atoms with Gasteiger partial charge >= 0.3 is 0 Å². The topological polar surface area (TPSA) is 61.8 Å². The molecule has 0 spiro atoms. The summed E-state index contributed by atoms with van der Waals surface area (Å²) in [5, 5.41) is 7.00. The average molecular weight is 459 g/mol. The Balaban J connectivity index is 0.00000225. The molecule has 6 nitrogen and oxygen atoms in total. The molecule has 2 saturated heterocycles. The Labute approximate surface area is 167 Å². The molecular formula is C18H30IN5O. The molecule has 0 aliphatic carbocycles. The summed E-state index contributed by atoms with van der Waals surface area (Å²) in [6.45, 7) is 8.93. The Morgan fingerprint density at radius 1 is 1.36 bits per heavy atom. The minimum absolute atomic E-state index is 0. The zero-order valence-corrected chi connectivity index (χ0v) is 17.7. The van der Waals surface area contributed by atoms with Crippen molar-refractivity contribution in [3.63, 3.8) is 0 Å². The number of aryl methyl sites for hydroxylation is 1. The van der Waals surface area contributed by atoms with Gasteiger partial charge < -0.3 is 20.3 Å². The lowest BCUT2D eigenvalue weighted by Gasteiger charge is -2.39. The Morgan fingerprint density at radius 3 is 2.60 bits per heavy atom. The average Bonchev–Trinajstić information content (AvgIpc) is 2.58. The molecule has 3 rings (SSSR count). The molecule has 0 amide bonds. The fraction of sp³-hybridized carbons (Fsp3) is 0.667. The van der Waals surface area contributed by atoms with Gasteiger partial charge in [-0.15, -0.1) is 24.0 Å². The molecule has 0 aromatic carbocycles. The number of nitrogens with zero attached hydrogens (tertiary/aromatic N) is 3. The van der Waals surface area contributed by atoms with Gasteiger partial charge in [-0.2, -0.15) is 0 Å². The third-order valence-electron chi connectivity index (χ3n) is 4.86. The van der Waals surface area contributed by atoms with Gasteiger partial charge in [-0.3, -0.25) is 4.99 Å². The Kier molecular flexibility index (Phi) is 7.30. The van der Waals surface area contributed by atoms with E-state index in [4.69, 9.17) is 4.74 Å². The third kappa shape index (κ3) is 5.44. The van der Waals surface area contributed by atoms with E-state index in [2.05, 4.69) is 51.5 Å². The molecule has 0 bridgehead atoms. The van der Waals surface area contributed by atoms with E-state index < -0.39 is 0 Å². The van der Waals surface area contributed by atoms with E-state index in [-0.39, 0.29) is 29.4 Å². The summed E-state index contributed by atoms with van der Waals surface area (Å²) in [5.41, 5.74) is 1.45. The van der Waals surface area contributed by atoms with Crippen LogP contribution in [0.1, 0.15) is 25.3 Å². The van der Waals surface area contributed by atoms with E-state index in [1.807, 2.05) is 13.2 Å². The molecule has 2 N–H and O–H groups in total. The van der Waals surface area contributed by atoms with Crippen LogP contribution in [0.25, 0.3) is 0 Å². The lowest BCUT2D eigenvalue weighted by atomic mass is 9.89. The highest BCUT2D eigenvalue weighted by atomic mass is 127. The van der Waals surface area contributed by atoms with Crippen LogP contribution in [-0.2, 0) is 4.74 Å². The number of guanidine groups is 1. The van der Waals surface area contributed by atoms with Crippen LogP contribution in [0.5, 0.6) is 0 Å². The van der Waals surface area contributed by atoms with Gasteiger partial charge in [-0.25, -0.2) is 4.98 Å². The van der Waals surface area contributed by atoms with Gasteiger partial charge in [0.15, 0.2) is 5.96 Å². The molecule has 0 saturated carbocycles. The Bertz CT molecular complexity index is 565. The largest absolute Gasteiger partial charge is 0.380 e. The second kappa shape index (κ2) is 9.02. The number of aliphatic imine (C=N–C) groups is 1. The Morgan fingerprint density at radius 2 is 2.08 bits per heavy atom. The first-order chi connectivity index (χ1) is 11.6. The number of anilines is 1. The normalized spacial score (nSPS) is 20.4. The first-order valence-corrected chi connectivity index (χ1v) is 8.80. The number of hydrogen-bond donors (Lipinski definition) is 2. The summed E-state index contributed by atoms with van der Waals surface area (Å²) >= 11 is 0. The highest BCUT2D eigenvalue weighted by molar-refractivity contribution is 14.0. The van der Waals surface area contributed by atoms with Gasteiger partial charge in [-0.05, 0) is 31.4 Å². The Hall–Kier alpha value is -1.09. The molecule has 0 radical (unpaired) electrons. The molecule has 7 heteroatoms. The van der Waals surface area contributed by atoms with Crippen LogP contribution >= 0.6 is 24.0 Å². The van der Waals surface area contributed by atoms with Crippen molar-refractivity contribution in [3.8, 4) is 0 Å². The maximum atomic E-state index is 5.30. The number of ether oxygens (including phenoxy) is 1. The predicted molar refractivity (Wildman–Crippen MR) is 113 cm³/mol. The molecular weight excluding hydrogens is 429 g/mol. The van der Waals surface area contributed by atoms with Gasteiger partial charge in [0.2, 0.25) is 0 Å². The molecule has 2 aliphatic rings. The van der Waals surface area contributed by atoms with Crippen LogP contribution in [0.3, 0.4) is 0 Å². The van der Waals surface area contributed by atoms with Crippen LogP contribution in [0.15, 0.2) is 23.3 Å². The highest BCUT2D eigenvalue weighted by Gasteiger charge is 2.33. The summed E-state index contributed by atoms with van der Waals surface area (Å²) in [7, 11) is 1.83. The highest BCUT2D eigenvalue weighted by Crippen LogP contribution is 2.25. The van der Waals surface area contributed by atoms with Gasteiger partial charge in [-0.1, -0.05) is 13.0 Å². The van der Waals surface area contributed by atoms with Crippen molar-refractivity contribution in [1.82, 2.24) is 15.6 Å². The lowest BCUT2D eigenvalue weighted by molar-refractivity contribution is -0.0971. The van der Waals surface area contributed by atoms with Crippen molar-refractivity contribution < 1.29 is 4.74 Å². The van der Waals surface area contributed by atoms with Crippen LogP contribution in [0, 0.1) is 12.3 Å². The van der Waals surface area contributed by atoms with Crippen LogP contribution in [-0.4, -0.2) is 56.9 Å². The van der Waals surface area contributed by atoms with E-state index in [0.29, 0.717) is 6.04 Å². The van der Waals surface area contributed by atoms with Gasteiger partial charge in [0.05, 0.1) is 13.2 Å². The molecule has 1 aromatic heterocycles. The van der Waals surface area contributed by atoms with E-state index in [1.165, 1.54) is 5.56 Å². The van der Waals surface area contributed by atoms with Gasteiger partial charge in [0.1, 0.15) is 5.82 Å². The number of pyridine rings is 1. The van der Waals surface area contributed by atoms with Crippen molar-refractivity contribution >= 4 is 35.8 Å². The van der Waals surface area contributed by atoms with E-state index in [0.717, 1.165) is 57.5 Å². The number of hydrogen-bond acceptors (Lipinski definition) is 4. The molecule has 3 heterocycles. The molecule has 140 valence electrons. The maximum absolute atomic E-state index is 5.30. The molecule has 0 atom stereocenters. The minimum Gasteiger partial charge on any atom is -0.380 e. The first-order valence-electron chi connectivity index (χ1n) is 8.80. The quantitative estimate of drug-likeness (QED) is 0.411. The third-order valence-corrected chi connectivity index (χ3v) is 4.86. The molecule has 0 unspecified atom stereocenters. The maximum Gasteiger partial charge on any atom is 0.191 e. The van der Waals surface area contributed by atoms with Crippen molar-refractivity contribution in [1.29, 1.82) is 0 Å². The second-order valence-corrected chi connectivity index (χ2v) is 7.33. The van der Waals surface area contributed by atoms with Crippen LogP contribution in [0.2, 0.25) is 0 Å². The number of piperidine rings is 1. The standard InChI is InChI=1S/C18H29N5O.HI/c1-14-4-5-16(20-10-14)23-8-6-15(7-9-23)22-17(19-3)21-11-18(2)12-24-13-18;/h4-5,10,15H,6-9,11-13H2,1-3H3,(H2,19,21,22);1H.